The van der Waals surface area contributed by atoms with Gasteiger partial charge in [-0.25, -0.2) is 0 Å². The molecule has 6 nitrogen and oxygen atoms in total. The first-order valence-corrected chi connectivity index (χ1v) is 9.70. The van der Waals surface area contributed by atoms with E-state index in [1.165, 1.54) is 12.1 Å². The number of pyridine rings is 1. The maximum Gasteiger partial charge on any atom is 0.417 e. The minimum atomic E-state index is -4.72. The predicted molar refractivity (Wildman–Crippen MR) is 106 cm³/mol. The molecular weight excluding hydrogens is 423 g/mol. The SMILES string of the molecule is O=C(Cn1cc(C(F)(F)F)cc(Cl)c1=O)Nc1ccccc1C(=O)NC1CCCC1. The highest BCUT2D eigenvalue weighted by Crippen LogP contribution is 2.29. The van der Waals surface area contributed by atoms with E-state index in [0.717, 1.165) is 25.7 Å². The number of para-hydroxylation sites is 1. The molecule has 1 heterocycles. The largest absolute Gasteiger partial charge is 0.417 e. The van der Waals surface area contributed by atoms with E-state index in [1.807, 2.05) is 0 Å². The fourth-order valence-electron chi connectivity index (χ4n) is 3.34. The number of anilines is 1. The minimum absolute atomic E-state index is 0.0760. The van der Waals surface area contributed by atoms with Crippen LogP contribution >= 0.6 is 11.6 Å². The Hall–Kier alpha value is -2.81. The minimum Gasteiger partial charge on any atom is -0.349 e. The number of aromatic nitrogens is 1. The molecule has 2 N–H and O–H groups in total. The third kappa shape index (κ3) is 5.21. The van der Waals surface area contributed by atoms with E-state index in [0.29, 0.717) is 16.8 Å². The molecular formula is C20H19ClF3N3O3. The van der Waals surface area contributed by atoms with Crippen molar-refractivity contribution < 1.29 is 22.8 Å². The predicted octanol–water partition coefficient (Wildman–Crippen LogP) is 3.83. The molecule has 1 aromatic heterocycles. The van der Waals surface area contributed by atoms with E-state index in [4.69, 9.17) is 11.6 Å². The normalized spacial score (nSPS) is 14.5. The van der Waals surface area contributed by atoms with Gasteiger partial charge in [0, 0.05) is 12.2 Å². The average Bonchev–Trinajstić information content (AvgIpc) is 3.17. The van der Waals surface area contributed by atoms with E-state index in [-0.39, 0.29) is 23.2 Å². The monoisotopic (exact) mass is 441 g/mol. The molecule has 0 saturated heterocycles. The number of nitrogens with zero attached hydrogens (tertiary/aromatic N) is 1. The summed E-state index contributed by atoms with van der Waals surface area (Å²) >= 11 is 5.60. The summed E-state index contributed by atoms with van der Waals surface area (Å²) in [4.78, 5) is 37.0. The average molecular weight is 442 g/mol. The van der Waals surface area contributed by atoms with Gasteiger partial charge in [-0.1, -0.05) is 36.6 Å². The van der Waals surface area contributed by atoms with Crippen LogP contribution in [-0.4, -0.2) is 22.4 Å². The van der Waals surface area contributed by atoms with E-state index in [1.54, 1.807) is 12.1 Å². The van der Waals surface area contributed by atoms with Crippen molar-refractivity contribution in [2.24, 2.45) is 0 Å². The van der Waals surface area contributed by atoms with Gasteiger partial charge in [-0.3, -0.25) is 14.4 Å². The van der Waals surface area contributed by atoms with Crippen molar-refractivity contribution in [1.82, 2.24) is 9.88 Å². The molecule has 1 saturated carbocycles. The number of hydrogen-bond acceptors (Lipinski definition) is 3. The number of carbonyl (C=O) groups is 2. The van der Waals surface area contributed by atoms with Gasteiger partial charge in [-0.05, 0) is 31.0 Å². The summed E-state index contributed by atoms with van der Waals surface area (Å²) in [5.41, 5.74) is -1.64. The molecule has 1 aliphatic rings. The first-order chi connectivity index (χ1) is 14.1. The third-order valence-electron chi connectivity index (χ3n) is 4.82. The molecule has 0 atom stereocenters. The first kappa shape index (κ1) is 21.9. The van der Waals surface area contributed by atoms with Crippen LogP contribution in [0.4, 0.5) is 18.9 Å². The van der Waals surface area contributed by atoms with Crippen LogP contribution in [0.15, 0.2) is 41.3 Å². The fraction of sp³-hybridized carbons (Fsp3) is 0.350. The number of carbonyl (C=O) groups excluding carboxylic acids is 2. The zero-order valence-corrected chi connectivity index (χ0v) is 16.5. The van der Waals surface area contributed by atoms with Crippen LogP contribution in [-0.2, 0) is 17.5 Å². The lowest BCUT2D eigenvalue weighted by Gasteiger charge is -2.15. The van der Waals surface area contributed by atoms with Crippen LogP contribution in [0.5, 0.6) is 0 Å². The molecule has 0 unspecified atom stereocenters. The van der Waals surface area contributed by atoms with Gasteiger partial charge in [0.1, 0.15) is 11.6 Å². The highest BCUT2D eigenvalue weighted by Gasteiger charge is 2.32. The van der Waals surface area contributed by atoms with Gasteiger partial charge in [-0.2, -0.15) is 13.2 Å². The summed E-state index contributed by atoms with van der Waals surface area (Å²) in [5.74, 6) is -1.12. The number of rotatable bonds is 5. The molecule has 3 rings (SSSR count). The number of alkyl halides is 3. The molecule has 1 aromatic carbocycles. The quantitative estimate of drug-likeness (QED) is 0.740. The Bertz CT molecular complexity index is 1010. The summed E-state index contributed by atoms with van der Waals surface area (Å²) in [6.07, 6.45) is -0.332. The molecule has 1 aliphatic carbocycles. The van der Waals surface area contributed by atoms with Gasteiger partial charge < -0.3 is 15.2 Å². The second kappa shape index (κ2) is 8.91. The van der Waals surface area contributed by atoms with Crippen LogP contribution in [0, 0.1) is 0 Å². The zero-order chi connectivity index (χ0) is 21.9. The number of nitrogens with one attached hydrogen (secondary N) is 2. The Labute approximate surface area is 175 Å². The molecule has 0 spiro atoms. The molecule has 160 valence electrons. The molecule has 0 bridgehead atoms. The van der Waals surface area contributed by atoms with Crippen molar-refractivity contribution in [1.29, 1.82) is 0 Å². The summed E-state index contributed by atoms with van der Waals surface area (Å²) < 4.78 is 39.4. The Balaban J connectivity index is 1.77. The standard InChI is InChI=1S/C20H19ClF3N3O3/c21-15-9-12(20(22,23)24)10-27(19(15)30)11-17(28)26-16-8-4-3-7-14(16)18(29)25-13-5-1-2-6-13/h3-4,7-10,13H,1-2,5-6,11H2,(H,25,29)(H,26,28). The van der Waals surface area contributed by atoms with Crippen LogP contribution < -0.4 is 16.2 Å². The molecule has 0 radical (unpaired) electrons. The smallest absolute Gasteiger partial charge is 0.349 e. The van der Waals surface area contributed by atoms with Gasteiger partial charge in [0.25, 0.3) is 11.5 Å². The van der Waals surface area contributed by atoms with Crippen molar-refractivity contribution in [3.05, 3.63) is 63.0 Å². The number of halogens is 4. The van der Waals surface area contributed by atoms with Crippen molar-refractivity contribution in [3.8, 4) is 0 Å². The molecule has 2 aromatic rings. The Morgan fingerprint density at radius 3 is 2.50 bits per heavy atom. The van der Waals surface area contributed by atoms with Gasteiger partial charge in [0.05, 0.1) is 16.8 Å². The van der Waals surface area contributed by atoms with Crippen molar-refractivity contribution in [2.45, 2.75) is 44.4 Å². The molecule has 0 aliphatic heterocycles. The van der Waals surface area contributed by atoms with E-state index >= 15 is 0 Å². The van der Waals surface area contributed by atoms with E-state index in [2.05, 4.69) is 10.6 Å². The Kier molecular flexibility index (Phi) is 6.50. The second-order valence-corrected chi connectivity index (χ2v) is 7.46. The Morgan fingerprint density at radius 2 is 1.83 bits per heavy atom. The topological polar surface area (TPSA) is 80.2 Å². The summed E-state index contributed by atoms with van der Waals surface area (Å²) in [6, 6.07) is 6.87. The van der Waals surface area contributed by atoms with Crippen LogP contribution in [0.2, 0.25) is 5.02 Å². The van der Waals surface area contributed by atoms with Crippen molar-refractivity contribution in [3.63, 3.8) is 0 Å². The highest BCUT2D eigenvalue weighted by molar-refractivity contribution is 6.30. The summed E-state index contributed by atoms with van der Waals surface area (Å²) in [7, 11) is 0. The van der Waals surface area contributed by atoms with Gasteiger partial charge in [0.2, 0.25) is 5.91 Å². The van der Waals surface area contributed by atoms with Gasteiger partial charge in [0.15, 0.2) is 0 Å². The first-order valence-electron chi connectivity index (χ1n) is 9.32. The molecule has 2 amide bonds. The number of benzene rings is 1. The van der Waals surface area contributed by atoms with Crippen LogP contribution in [0.25, 0.3) is 0 Å². The van der Waals surface area contributed by atoms with E-state index < -0.39 is 34.8 Å². The van der Waals surface area contributed by atoms with Gasteiger partial charge >= 0.3 is 6.18 Å². The van der Waals surface area contributed by atoms with Gasteiger partial charge in [-0.15, -0.1) is 0 Å². The number of amides is 2. The van der Waals surface area contributed by atoms with E-state index in [9.17, 15) is 27.6 Å². The lowest BCUT2D eigenvalue weighted by Crippen LogP contribution is -2.33. The summed E-state index contributed by atoms with van der Waals surface area (Å²) in [5, 5.41) is 4.75. The highest BCUT2D eigenvalue weighted by atomic mass is 35.5. The third-order valence-corrected chi connectivity index (χ3v) is 5.09. The van der Waals surface area contributed by atoms with Crippen molar-refractivity contribution in [2.75, 3.05) is 5.32 Å². The zero-order valence-electron chi connectivity index (χ0n) is 15.8. The second-order valence-electron chi connectivity index (χ2n) is 7.06. The maximum atomic E-state index is 13.0. The van der Waals surface area contributed by atoms with Crippen LogP contribution in [0.3, 0.4) is 0 Å². The van der Waals surface area contributed by atoms with Crippen molar-refractivity contribution >= 4 is 29.1 Å². The molecule has 1 fully saturated rings. The molecule has 10 heteroatoms. The van der Waals surface area contributed by atoms with Crippen LogP contribution in [0.1, 0.15) is 41.6 Å². The fourth-order valence-corrected chi connectivity index (χ4v) is 3.57. The maximum absolute atomic E-state index is 13.0. The Morgan fingerprint density at radius 1 is 1.17 bits per heavy atom. The molecule has 30 heavy (non-hydrogen) atoms. The lowest BCUT2D eigenvalue weighted by molar-refractivity contribution is -0.138. The summed E-state index contributed by atoms with van der Waals surface area (Å²) in [6.45, 7) is -0.693. The lowest BCUT2D eigenvalue weighted by atomic mass is 10.1. The number of hydrogen-bond donors (Lipinski definition) is 2.